The predicted molar refractivity (Wildman–Crippen MR) is 134 cm³/mol. The normalized spacial score (nSPS) is 12.2. The maximum absolute atomic E-state index is 13.4. The third-order valence-corrected chi connectivity index (χ3v) is 6.66. The van der Waals surface area contributed by atoms with Crippen LogP contribution in [0, 0.1) is 11.7 Å². The molecule has 2 amide bonds. The van der Waals surface area contributed by atoms with Gasteiger partial charge in [0.15, 0.2) is 0 Å². The van der Waals surface area contributed by atoms with Crippen LogP contribution in [-0.2, 0) is 26.2 Å². The molecule has 0 saturated heterocycles. The number of methoxy groups -OCH3 is 1. The molecule has 1 atom stereocenters. The van der Waals surface area contributed by atoms with Crippen molar-refractivity contribution in [2.24, 2.45) is 5.92 Å². The quantitative estimate of drug-likeness (QED) is 0.483. The Kier molecular flexibility index (Phi) is 9.91. The summed E-state index contributed by atoms with van der Waals surface area (Å²) >= 11 is 6.17. The monoisotopic (exact) mass is 527 g/mol. The highest BCUT2D eigenvalue weighted by Gasteiger charge is 2.30. The number of nitrogens with one attached hydrogen (secondary N) is 1. The number of ether oxygens (including phenoxy) is 1. The van der Waals surface area contributed by atoms with Crippen molar-refractivity contribution in [2.75, 3.05) is 30.8 Å². The summed E-state index contributed by atoms with van der Waals surface area (Å²) in [5, 5.41) is 2.97. The van der Waals surface area contributed by atoms with E-state index in [2.05, 4.69) is 5.32 Å². The van der Waals surface area contributed by atoms with Gasteiger partial charge < -0.3 is 15.0 Å². The van der Waals surface area contributed by atoms with Gasteiger partial charge in [-0.3, -0.25) is 13.9 Å². The molecule has 0 heterocycles. The Morgan fingerprint density at radius 3 is 2.26 bits per heavy atom. The summed E-state index contributed by atoms with van der Waals surface area (Å²) in [5.74, 6) is -0.878. The fraction of sp³-hybridized carbons (Fsp3) is 0.417. The zero-order valence-corrected chi connectivity index (χ0v) is 22.0. The van der Waals surface area contributed by atoms with Gasteiger partial charge in [0.25, 0.3) is 0 Å². The van der Waals surface area contributed by atoms with Gasteiger partial charge in [0.2, 0.25) is 21.8 Å². The maximum atomic E-state index is 13.4. The number of hydrogen-bond acceptors (Lipinski definition) is 5. The van der Waals surface area contributed by atoms with E-state index in [1.54, 1.807) is 6.92 Å². The van der Waals surface area contributed by atoms with E-state index in [4.69, 9.17) is 16.3 Å². The molecule has 0 fully saturated rings. The van der Waals surface area contributed by atoms with E-state index in [-0.39, 0.29) is 29.1 Å². The van der Waals surface area contributed by atoms with E-state index >= 15 is 0 Å². The van der Waals surface area contributed by atoms with E-state index in [0.29, 0.717) is 17.9 Å². The van der Waals surface area contributed by atoms with Crippen molar-refractivity contribution in [3.63, 3.8) is 0 Å². The van der Waals surface area contributed by atoms with Crippen LogP contribution in [0.5, 0.6) is 5.75 Å². The summed E-state index contributed by atoms with van der Waals surface area (Å²) in [7, 11) is -2.46. The molecule has 1 N–H and O–H groups in total. The Labute approximate surface area is 211 Å². The SMILES string of the molecule is COc1ccc(N(CC(=O)N(Cc2ccc(F)cc2)C(C)C(=O)NCC(C)C)S(C)(=O)=O)cc1Cl. The fourth-order valence-corrected chi connectivity index (χ4v) is 4.34. The third kappa shape index (κ3) is 8.10. The standard InChI is InChI=1S/C24H31ClFN3O5S/c1-16(2)13-27-24(31)17(3)28(14-18-6-8-19(26)9-7-18)23(30)15-29(35(5,32)33)20-10-11-22(34-4)21(25)12-20/h6-12,16-17H,13-15H2,1-5H3,(H,27,31). The van der Waals surface area contributed by atoms with Crippen LogP contribution in [0.3, 0.4) is 0 Å². The molecule has 0 bridgehead atoms. The summed E-state index contributed by atoms with van der Waals surface area (Å²) in [4.78, 5) is 27.5. The topological polar surface area (TPSA) is 96.0 Å². The first-order valence-corrected chi connectivity index (χ1v) is 13.2. The van der Waals surface area contributed by atoms with Gasteiger partial charge in [0.1, 0.15) is 24.2 Å². The summed E-state index contributed by atoms with van der Waals surface area (Å²) in [5.41, 5.74) is 0.756. The van der Waals surface area contributed by atoms with Gasteiger partial charge in [-0.15, -0.1) is 0 Å². The molecular weight excluding hydrogens is 497 g/mol. The van der Waals surface area contributed by atoms with Crippen molar-refractivity contribution < 1.29 is 27.1 Å². The van der Waals surface area contributed by atoms with Crippen LogP contribution in [-0.4, -0.2) is 57.6 Å². The molecule has 8 nitrogen and oxygen atoms in total. The maximum Gasteiger partial charge on any atom is 0.244 e. The summed E-state index contributed by atoms with van der Waals surface area (Å²) in [6, 6.07) is 8.97. The smallest absolute Gasteiger partial charge is 0.244 e. The van der Waals surface area contributed by atoms with E-state index in [9.17, 15) is 22.4 Å². The number of halogens is 2. The number of nitrogens with zero attached hydrogens (tertiary/aromatic N) is 2. The second kappa shape index (κ2) is 12.2. The highest BCUT2D eigenvalue weighted by atomic mass is 35.5. The second-order valence-corrected chi connectivity index (χ2v) is 10.9. The highest BCUT2D eigenvalue weighted by molar-refractivity contribution is 7.92. The lowest BCUT2D eigenvalue weighted by atomic mass is 10.1. The molecule has 0 radical (unpaired) electrons. The van der Waals surface area contributed by atoms with Crippen molar-refractivity contribution in [3.05, 3.63) is 58.9 Å². The predicted octanol–water partition coefficient (Wildman–Crippen LogP) is 3.44. The molecule has 2 aromatic rings. The van der Waals surface area contributed by atoms with Gasteiger partial charge in [-0.1, -0.05) is 37.6 Å². The number of anilines is 1. The molecule has 1 unspecified atom stereocenters. The fourth-order valence-electron chi connectivity index (χ4n) is 3.25. The Hall–Kier alpha value is -2.85. The van der Waals surface area contributed by atoms with Crippen molar-refractivity contribution in [1.29, 1.82) is 0 Å². The summed E-state index contributed by atoms with van der Waals surface area (Å²) < 4.78 is 44.6. The van der Waals surface area contributed by atoms with E-state index in [1.807, 2.05) is 13.8 Å². The number of benzene rings is 2. The van der Waals surface area contributed by atoms with E-state index in [0.717, 1.165) is 10.6 Å². The molecule has 0 aromatic heterocycles. The van der Waals surface area contributed by atoms with Crippen LogP contribution in [0.4, 0.5) is 10.1 Å². The molecule has 0 aliphatic heterocycles. The number of amides is 2. The largest absolute Gasteiger partial charge is 0.495 e. The van der Waals surface area contributed by atoms with E-state index in [1.165, 1.54) is 54.5 Å². The molecule has 0 aliphatic carbocycles. The number of carbonyl (C=O) groups is 2. The highest BCUT2D eigenvalue weighted by Crippen LogP contribution is 2.30. The Bertz CT molecular complexity index is 1140. The molecular formula is C24H31ClFN3O5S. The molecule has 2 aromatic carbocycles. The van der Waals surface area contributed by atoms with Crippen LogP contribution in [0.25, 0.3) is 0 Å². The average Bonchev–Trinajstić information content (AvgIpc) is 2.79. The first kappa shape index (κ1) is 28.4. The molecule has 2 rings (SSSR count). The molecule has 35 heavy (non-hydrogen) atoms. The van der Waals surface area contributed by atoms with Crippen LogP contribution in [0.1, 0.15) is 26.3 Å². The molecule has 192 valence electrons. The average molecular weight is 528 g/mol. The number of hydrogen-bond donors (Lipinski definition) is 1. The molecule has 0 aliphatic rings. The number of sulfonamides is 1. The third-order valence-electron chi connectivity index (χ3n) is 5.22. The first-order chi connectivity index (χ1) is 16.3. The lowest BCUT2D eigenvalue weighted by Gasteiger charge is -2.31. The lowest BCUT2D eigenvalue weighted by molar-refractivity contribution is -0.139. The van der Waals surface area contributed by atoms with Crippen molar-refractivity contribution in [1.82, 2.24) is 10.2 Å². The first-order valence-electron chi connectivity index (χ1n) is 11.0. The van der Waals surface area contributed by atoms with Gasteiger partial charge in [-0.2, -0.15) is 0 Å². The van der Waals surface area contributed by atoms with Crippen LogP contribution in [0.15, 0.2) is 42.5 Å². The molecule has 0 saturated carbocycles. The van der Waals surface area contributed by atoms with Crippen LogP contribution in [0.2, 0.25) is 5.02 Å². The Balaban J connectivity index is 2.38. The zero-order valence-electron chi connectivity index (χ0n) is 20.4. The Morgan fingerprint density at radius 1 is 1.11 bits per heavy atom. The van der Waals surface area contributed by atoms with Gasteiger partial charge in [-0.25, -0.2) is 12.8 Å². The minimum Gasteiger partial charge on any atom is -0.495 e. The number of rotatable bonds is 11. The minimum atomic E-state index is -3.89. The lowest BCUT2D eigenvalue weighted by Crippen LogP contribution is -2.51. The number of carbonyl (C=O) groups excluding carboxylic acids is 2. The second-order valence-electron chi connectivity index (χ2n) is 8.55. The zero-order chi connectivity index (χ0) is 26.3. The van der Waals surface area contributed by atoms with Crippen molar-refractivity contribution >= 4 is 39.1 Å². The van der Waals surface area contributed by atoms with Gasteiger partial charge in [-0.05, 0) is 48.7 Å². The Morgan fingerprint density at radius 2 is 1.74 bits per heavy atom. The minimum absolute atomic E-state index is 0.0175. The van der Waals surface area contributed by atoms with Crippen LogP contribution >= 0.6 is 11.6 Å². The molecule has 0 spiro atoms. The van der Waals surface area contributed by atoms with Gasteiger partial charge >= 0.3 is 0 Å². The molecule has 11 heteroatoms. The van der Waals surface area contributed by atoms with Gasteiger partial charge in [0.05, 0.1) is 24.1 Å². The van der Waals surface area contributed by atoms with E-state index < -0.39 is 34.3 Å². The summed E-state index contributed by atoms with van der Waals surface area (Å²) in [6.07, 6.45) is 0.974. The van der Waals surface area contributed by atoms with Crippen molar-refractivity contribution in [3.8, 4) is 5.75 Å². The van der Waals surface area contributed by atoms with Gasteiger partial charge in [0, 0.05) is 13.1 Å². The van der Waals surface area contributed by atoms with Crippen LogP contribution < -0.4 is 14.4 Å². The van der Waals surface area contributed by atoms with Crippen molar-refractivity contribution in [2.45, 2.75) is 33.4 Å². The summed E-state index contributed by atoms with van der Waals surface area (Å²) in [6.45, 7) is 5.28.